The summed E-state index contributed by atoms with van der Waals surface area (Å²) in [5.41, 5.74) is -0.224. The molecule has 0 aromatic heterocycles. The third kappa shape index (κ3) is 1.45. The van der Waals surface area contributed by atoms with Gasteiger partial charge >= 0.3 is 5.97 Å². The minimum Gasteiger partial charge on any atom is -0.296 e. The molecule has 3 heteroatoms. The van der Waals surface area contributed by atoms with Crippen LogP contribution in [-0.4, -0.2) is 5.97 Å². The number of carbonyl (C=O) groups is 1. The normalized spacial score (nSPS) is 44.1. The van der Waals surface area contributed by atoms with Gasteiger partial charge in [0.05, 0.1) is 5.41 Å². The van der Waals surface area contributed by atoms with E-state index in [1.54, 1.807) is 0 Å². The Morgan fingerprint density at radius 1 is 1.12 bits per heavy atom. The van der Waals surface area contributed by atoms with Gasteiger partial charge in [-0.05, 0) is 56.3 Å². The van der Waals surface area contributed by atoms with Gasteiger partial charge in [0.2, 0.25) is 0 Å². The molecule has 0 aromatic rings. The van der Waals surface area contributed by atoms with Crippen LogP contribution in [0, 0.1) is 23.2 Å². The molecule has 4 aliphatic carbocycles. The van der Waals surface area contributed by atoms with Crippen LogP contribution in [-0.2, 0) is 14.6 Å². The van der Waals surface area contributed by atoms with Crippen LogP contribution in [0.1, 0.15) is 38.5 Å². The molecule has 0 aromatic carbocycles. The van der Waals surface area contributed by atoms with Gasteiger partial charge in [-0.25, -0.2) is 4.79 Å². The van der Waals surface area contributed by atoms with Gasteiger partial charge in [-0.3, -0.25) is 9.78 Å². The molecule has 4 bridgehead atoms. The molecule has 0 heterocycles. The van der Waals surface area contributed by atoms with Crippen LogP contribution in [0.4, 0.5) is 0 Å². The van der Waals surface area contributed by atoms with E-state index >= 15 is 0 Å². The number of carbonyl (C=O) groups excluding carboxylic acids is 1. The van der Waals surface area contributed by atoms with Gasteiger partial charge < -0.3 is 0 Å². The van der Waals surface area contributed by atoms with Crippen LogP contribution in [0.25, 0.3) is 0 Å². The largest absolute Gasteiger partial charge is 0.361 e. The van der Waals surface area contributed by atoms with Gasteiger partial charge in [-0.1, -0.05) is 6.58 Å². The number of rotatable bonds is 3. The summed E-state index contributed by atoms with van der Waals surface area (Å²) in [7, 11) is 0. The van der Waals surface area contributed by atoms with Crippen molar-refractivity contribution in [3.05, 3.63) is 12.8 Å². The summed E-state index contributed by atoms with van der Waals surface area (Å²) in [6, 6.07) is 0. The topological polar surface area (TPSA) is 35.5 Å². The summed E-state index contributed by atoms with van der Waals surface area (Å²) in [4.78, 5) is 21.5. The summed E-state index contributed by atoms with van der Waals surface area (Å²) in [5.74, 6) is 2.10. The summed E-state index contributed by atoms with van der Waals surface area (Å²) in [6.07, 6.45) is 8.19. The molecular weight excluding hydrogens is 204 g/mol. The molecule has 0 saturated heterocycles. The highest BCUT2D eigenvalue weighted by Crippen LogP contribution is 2.60. The van der Waals surface area contributed by atoms with Crippen LogP contribution < -0.4 is 0 Å². The van der Waals surface area contributed by atoms with Crippen LogP contribution >= 0.6 is 0 Å². The maximum Gasteiger partial charge on any atom is 0.361 e. The molecule has 4 fully saturated rings. The zero-order valence-corrected chi connectivity index (χ0v) is 9.48. The summed E-state index contributed by atoms with van der Waals surface area (Å²) >= 11 is 0. The predicted octanol–water partition coefficient (Wildman–Crippen LogP) is 2.82. The Balaban J connectivity index is 1.77. The Bertz CT molecular complexity index is 286. The van der Waals surface area contributed by atoms with E-state index in [0.717, 1.165) is 37.0 Å². The van der Waals surface area contributed by atoms with E-state index in [1.807, 2.05) is 0 Å². The molecule has 0 amide bonds. The van der Waals surface area contributed by atoms with Crippen molar-refractivity contribution < 1.29 is 14.6 Å². The smallest absolute Gasteiger partial charge is 0.296 e. The summed E-state index contributed by atoms with van der Waals surface area (Å²) in [6.45, 7) is 3.38. The lowest BCUT2D eigenvalue weighted by atomic mass is 9.49. The molecule has 0 N–H and O–H groups in total. The molecule has 4 rings (SSSR count). The molecule has 0 radical (unpaired) electrons. The third-order valence-electron chi connectivity index (χ3n) is 4.66. The maximum absolute atomic E-state index is 12.1. The second-order valence-corrected chi connectivity index (χ2v) is 5.83. The molecule has 0 aliphatic heterocycles. The quantitative estimate of drug-likeness (QED) is 0.418. The van der Waals surface area contributed by atoms with Crippen molar-refractivity contribution in [1.82, 2.24) is 0 Å². The van der Waals surface area contributed by atoms with Crippen molar-refractivity contribution >= 4 is 5.97 Å². The fourth-order valence-electron chi connectivity index (χ4n) is 4.53. The van der Waals surface area contributed by atoms with Gasteiger partial charge in [0.15, 0.2) is 0 Å². The van der Waals surface area contributed by atoms with Crippen molar-refractivity contribution in [2.24, 2.45) is 23.2 Å². The van der Waals surface area contributed by atoms with E-state index < -0.39 is 0 Å². The van der Waals surface area contributed by atoms with Gasteiger partial charge in [-0.15, -0.1) is 0 Å². The lowest BCUT2D eigenvalue weighted by molar-refractivity contribution is -0.257. The second kappa shape index (κ2) is 3.51. The molecule has 0 spiro atoms. The number of hydrogen-bond acceptors (Lipinski definition) is 3. The molecule has 4 saturated carbocycles. The first kappa shape index (κ1) is 10.2. The van der Waals surface area contributed by atoms with Crippen molar-refractivity contribution in [3.63, 3.8) is 0 Å². The van der Waals surface area contributed by atoms with Gasteiger partial charge in [0, 0.05) is 0 Å². The standard InChI is InChI=1S/C13H18O3/c1-2-15-16-12(14)13-6-9-3-10(7-13)5-11(4-9)8-13/h2,9-11H,1,3-8H2. The van der Waals surface area contributed by atoms with E-state index in [0.29, 0.717) is 0 Å². The van der Waals surface area contributed by atoms with Gasteiger partial charge in [-0.2, -0.15) is 0 Å². The molecule has 0 unspecified atom stereocenters. The Morgan fingerprint density at radius 2 is 1.62 bits per heavy atom. The minimum atomic E-state index is -0.224. The first-order chi connectivity index (χ1) is 7.72. The fraction of sp³-hybridized carbons (Fsp3) is 0.769. The van der Waals surface area contributed by atoms with E-state index in [4.69, 9.17) is 4.89 Å². The Morgan fingerprint density at radius 3 is 2.06 bits per heavy atom. The average Bonchev–Trinajstić information content (AvgIpc) is 2.24. The first-order valence-electron chi connectivity index (χ1n) is 6.20. The molecular formula is C13H18O3. The van der Waals surface area contributed by atoms with Crippen LogP contribution in [0.15, 0.2) is 12.8 Å². The average molecular weight is 222 g/mol. The molecule has 88 valence electrons. The first-order valence-corrected chi connectivity index (χ1v) is 6.20. The zero-order chi connectivity index (χ0) is 11.2. The Hall–Kier alpha value is -0.990. The third-order valence-corrected chi connectivity index (χ3v) is 4.66. The highest BCUT2D eigenvalue weighted by Gasteiger charge is 2.56. The highest BCUT2D eigenvalue weighted by molar-refractivity contribution is 5.77. The van der Waals surface area contributed by atoms with Crippen molar-refractivity contribution in [1.29, 1.82) is 0 Å². The van der Waals surface area contributed by atoms with E-state index in [9.17, 15) is 4.79 Å². The van der Waals surface area contributed by atoms with E-state index in [1.165, 1.54) is 25.5 Å². The Kier molecular flexibility index (Phi) is 2.23. The van der Waals surface area contributed by atoms with Crippen molar-refractivity contribution in [2.75, 3.05) is 0 Å². The lowest BCUT2D eigenvalue weighted by Gasteiger charge is -2.54. The minimum absolute atomic E-state index is 0.161. The monoisotopic (exact) mass is 222 g/mol. The Labute approximate surface area is 95.7 Å². The number of hydrogen-bond donors (Lipinski definition) is 0. The van der Waals surface area contributed by atoms with Crippen molar-refractivity contribution in [3.8, 4) is 0 Å². The fourth-order valence-corrected chi connectivity index (χ4v) is 4.53. The molecule has 16 heavy (non-hydrogen) atoms. The SMILES string of the molecule is C=COOC(=O)C12CC3CC(CC(C3)C1)C2. The maximum atomic E-state index is 12.1. The van der Waals surface area contributed by atoms with Crippen molar-refractivity contribution in [2.45, 2.75) is 38.5 Å². The van der Waals surface area contributed by atoms with Crippen LogP contribution in [0.5, 0.6) is 0 Å². The molecule has 4 aliphatic rings. The predicted molar refractivity (Wildman–Crippen MR) is 58.0 cm³/mol. The van der Waals surface area contributed by atoms with E-state index in [-0.39, 0.29) is 11.4 Å². The summed E-state index contributed by atoms with van der Waals surface area (Å²) < 4.78 is 0. The van der Waals surface area contributed by atoms with Crippen LogP contribution in [0.3, 0.4) is 0 Å². The summed E-state index contributed by atoms with van der Waals surface area (Å²) in [5, 5.41) is 0. The van der Waals surface area contributed by atoms with Crippen LogP contribution in [0.2, 0.25) is 0 Å². The van der Waals surface area contributed by atoms with Gasteiger partial charge in [0.25, 0.3) is 0 Å². The zero-order valence-electron chi connectivity index (χ0n) is 9.48. The lowest BCUT2D eigenvalue weighted by Crippen LogP contribution is -2.50. The highest BCUT2D eigenvalue weighted by atomic mass is 17.2. The molecule has 0 atom stereocenters. The molecule has 3 nitrogen and oxygen atoms in total. The second-order valence-electron chi connectivity index (χ2n) is 5.83. The van der Waals surface area contributed by atoms with Gasteiger partial charge in [0.1, 0.15) is 6.26 Å². The van der Waals surface area contributed by atoms with E-state index in [2.05, 4.69) is 11.5 Å².